The summed E-state index contributed by atoms with van der Waals surface area (Å²) in [5.74, 6) is 0.409. The molecule has 0 bridgehead atoms. The fourth-order valence-corrected chi connectivity index (χ4v) is 3.72. The normalized spacial score (nSPS) is 16.9. The van der Waals surface area contributed by atoms with Gasteiger partial charge in [0.2, 0.25) is 0 Å². The van der Waals surface area contributed by atoms with Crippen LogP contribution >= 0.6 is 15.9 Å². The number of hydrogen-bond donors (Lipinski definition) is 1. The molecule has 1 fully saturated rings. The first-order valence-electron chi connectivity index (χ1n) is 9.26. The van der Waals surface area contributed by atoms with Crippen molar-refractivity contribution in [3.63, 3.8) is 0 Å². The Labute approximate surface area is 175 Å². The number of hydrogen-bond acceptors (Lipinski definition) is 6. The van der Waals surface area contributed by atoms with E-state index in [0.717, 1.165) is 20.8 Å². The van der Waals surface area contributed by atoms with E-state index in [9.17, 15) is 10.1 Å². The molecule has 1 amide bonds. The van der Waals surface area contributed by atoms with Crippen LogP contribution in [0.5, 0.6) is 5.75 Å². The van der Waals surface area contributed by atoms with Crippen molar-refractivity contribution in [3.05, 3.63) is 28.6 Å². The van der Waals surface area contributed by atoms with Gasteiger partial charge in [0.1, 0.15) is 23.4 Å². The highest BCUT2D eigenvalue weighted by atomic mass is 79.9. The molecule has 29 heavy (non-hydrogen) atoms. The first-order valence-corrected chi connectivity index (χ1v) is 10.0. The number of H-pyrrole nitrogens is 1. The number of nitriles is 1. The average Bonchev–Trinajstić information content (AvgIpc) is 3.25. The second-order valence-electron chi connectivity index (χ2n) is 7.97. The molecule has 0 saturated carbocycles. The first-order chi connectivity index (χ1) is 13.7. The molecule has 1 atom stereocenters. The van der Waals surface area contributed by atoms with Crippen LogP contribution in [0.2, 0.25) is 0 Å². The molecule has 150 valence electrons. The molecule has 9 heteroatoms. The molecule has 1 aliphatic heterocycles. The van der Waals surface area contributed by atoms with E-state index in [4.69, 9.17) is 9.47 Å². The van der Waals surface area contributed by atoms with Crippen LogP contribution in [0.4, 0.5) is 4.79 Å². The number of ether oxygens (including phenoxy) is 2. The minimum atomic E-state index is -0.552. The lowest BCUT2D eigenvalue weighted by atomic mass is 10.1. The third kappa shape index (κ3) is 3.85. The van der Waals surface area contributed by atoms with Crippen LogP contribution in [0.1, 0.15) is 32.9 Å². The maximum atomic E-state index is 12.3. The number of halogens is 1. The molecule has 3 aromatic heterocycles. The summed E-state index contributed by atoms with van der Waals surface area (Å²) in [7, 11) is 0. The monoisotopic (exact) mass is 457 g/mol. The third-order valence-corrected chi connectivity index (χ3v) is 5.03. The van der Waals surface area contributed by atoms with Gasteiger partial charge in [-0.05, 0) is 42.8 Å². The van der Waals surface area contributed by atoms with Crippen molar-refractivity contribution in [2.75, 3.05) is 13.1 Å². The zero-order valence-corrected chi connectivity index (χ0v) is 17.9. The van der Waals surface area contributed by atoms with Crippen LogP contribution in [-0.2, 0) is 4.74 Å². The molecule has 4 rings (SSSR count). The van der Waals surface area contributed by atoms with Crippen molar-refractivity contribution < 1.29 is 14.3 Å². The Morgan fingerprint density at radius 1 is 1.38 bits per heavy atom. The lowest BCUT2D eigenvalue weighted by Crippen LogP contribution is -2.36. The van der Waals surface area contributed by atoms with E-state index in [2.05, 4.69) is 37.0 Å². The Morgan fingerprint density at radius 2 is 2.17 bits per heavy atom. The minimum absolute atomic E-state index is 0.203. The van der Waals surface area contributed by atoms with Gasteiger partial charge >= 0.3 is 6.09 Å². The maximum Gasteiger partial charge on any atom is 0.410 e. The number of aromatic nitrogens is 3. The minimum Gasteiger partial charge on any atom is -0.485 e. The van der Waals surface area contributed by atoms with Gasteiger partial charge in [0.15, 0.2) is 11.4 Å². The third-order valence-electron chi connectivity index (χ3n) is 4.60. The van der Waals surface area contributed by atoms with Gasteiger partial charge in [0, 0.05) is 29.0 Å². The summed E-state index contributed by atoms with van der Waals surface area (Å²) in [5.41, 5.74) is 1.08. The molecular weight excluding hydrogens is 438 g/mol. The van der Waals surface area contributed by atoms with E-state index in [0.29, 0.717) is 30.9 Å². The van der Waals surface area contributed by atoms with Crippen LogP contribution < -0.4 is 4.74 Å². The van der Waals surface area contributed by atoms with E-state index in [-0.39, 0.29) is 17.9 Å². The Bertz CT molecular complexity index is 1140. The summed E-state index contributed by atoms with van der Waals surface area (Å²) in [5, 5.41) is 11.2. The number of nitrogens with one attached hydrogen (secondary N) is 1. The number of fused-ring (bicyclic) bond motifs is 3. The maximum absolute atomic E-state index is 12.3. The first kappa shape index (κ1) is 19.5. The standard InChI is InChI=1S/C20H20BrN5O3/c1-20(2,3)29-19(27)26-5-4-12(10-26)28-17-14(7-22)23-9-15-16(17)13-6-11(21)8-24-18(13)25-15/h6,8-9,12H,4-5,10H2,1-3H3,(H,24,25). The summed E-state index contributed by atoms with van der Waals surface area (Å²) >= 11 is 3.44. The summed E-state index contributed by atoms with van der Waals surface area (Å²) in [6, 6.07) is 4.04. The Hall–Kier alpha value is -2.86. The smallest absolute Gasteiger partial charge is 0.410 e. The lowest BCUT2D eigenvalue weighted by molar-refractivity contribution is 0.0276. The van der Waals surface area contributed by atoms with E-state index in [1.807, 2.05) is 26.8 Å². The molecule has 0 aliphatic carbocycles. The van der Waals surface area contributed by atoms with Crippen LogP contribution in [-0.4, -0.2) is 50.7 Å². The van der Waals surface area contributed by atoms with E-state index < -0.39 is 5.60 Å². The predicted molar refractivity (Wildman–Crippen MR) is 111 cm³/mol. The molecule has 1 N–H and O–H groups in total. The van der Waals surface area contributed by atoms with Gasteiger partial charge in [-0.15, -0.1) is 0 Å². The summed E-state index contributed by atoms with van der Waals surface area (Å²) in [6.45, 7) is 6.43. The zero-order chi connectivity index (χ0) is 20.8. The van der Waals surface area contributed by atoms with Gasteiger partial charge in [-0.3, -0.25) is 0 Å². The largest absolute Gasteiger partial charge is 0.485 e. The molecule has 0 spiro atoms. The van der Waals surface area contributed by atoms with Crippen LogP contribution in [0, 0.1) is 11.3 Å². The second-order valence-corrected chi connectivity index (χ2v) is 8.88. The van der Waals surface area contributed by atoms with Gasteiger partial charge in [0.05, 0.1) is 23.6 Å². The molecule has 1 aliphatic rings. The molecule has 4 heterocycles. The number of pyridine rings is 2. The number of rotatable bonds is 2. The number of nitrogens with zero attached hydrogens (tertiary/aromatic N) is 4. The van der Waals surface area contributed by atoms with E-state index >= 15 is 0 Å². The molecule has 1 saturated heterocycles. The highest BCUT2D eigenvalue weighted by Gasteiger charge is 2.32. The van der Waals surface area contributed by atoms with Crippen molar-refractivity contribution in [1.29, 1.82) is 5.26 Å². The van der Waals surface area contributed by atoms with Crippen molar-refractivity contribution >= 4 is 44.0 Å². The molecular formula is C20H20BrN5O3. The molecule has 3 aromatic rings. The SMILES string of the molecule is CC(C)(C)OC(=O)N1CCC(Oc2c(C#N)ncc3[nH]c4ncc(Br)cc4c23)C1. The number of carbonyl (C=O) groups excluding carboxylic acids is 1. The summed E-state index contributed by atoms with van der Waals surface area (Å²) in [6.07, 6.45) is 3.34. The van der Waals surface area contributed by atoms with Crippen molar-refractivity contribution in [2.45, 2.75) is 38.9 Å². The van der Waals surface area contributed by atoms with Crippen LogP contribution in [0.25, 0.3) is 21.9 Å². The fraction of sp³-hybridized carbons (Fsp3) is 0.400. The number of carbonyl (C=O) groups is 1. The van der Waals surface area contributed by atoms with Gasteiger partial charge in [-0.2, -0.15) is 5.26 Å². The lowest BCUT2D eigenvalue weighted by Gasteiger charge is -2.24. The average molecular weight is 458 g/mol. The van der Waals surface area contributed by atoms with Crippen molar-refractivity contribution in [2.24, 2.45) is 0 Å². The van der Waals surface area contributed by atoms with Gasteiger partial charge < -0.3 is 19.4 Å². The Morgan fingerprint density at radius 3 is 2.90 bits per heavy atom. The highest BCUT2D eigenvalue weighted by molar-refractivity contribution is 9.10. The zero-order valence-electron chi connectivity index (χ0n) is 16.3. The fourth-order valence-electron chi connectivity index (χ4n) is 3.39. The van der Waals surface area contributed by atoms with Crippen LogP contribution in [0.15, 0.2) is 22.9 Å². The molecule has 8 nitrogen and oxygen atoms in total. The van der Waals surface area contributed by atoms with Gasteiger partial charge in [-0.1, -0.05) is 0 Å². The number of likely N-dealkylation sites (tertiary alicyclic amines) is 1. The van der Waals surface area contributed by atoms with Crippen LogP contribution in [0.3, 0.4) is 0 Å². The van der Waals surface area contributed by atoms with Crippen molar-refractivity contribution in [3.8, 4) is 11.8 Å². The quantitative estimate of drug-likeness (QED) is 0.619. The topological polar surface area (TPSA) is 104 Å². The molecule has 0 radical (unpaired) electrons. The van der Waals surface area contributed by atoms with Gasteiger partial charge in [-0.25, -0.2) is 14.8 Å². The molecule has 0 aromatic carbocycles. The predicted octanol–water partition coefficient (Wildman–Crippen LogP) is 4.13. The van der Waals surface area contributed by atoms with E-state index in [1.165, 1.54) is 0 Å². The second kappa shape index (κ2) is 7.19. The number of amides is 1. The Kier molecular flexibility index (Phi) is 4.82. The highest BCUT2D eigenvalue weighted by Crippen LogP contribution is 2.36. The molecule has 1 unspecified atom stereocenters. The summed E-state index contributed by atoms with van der Waals surface area (Å²) in [4.78, 5) is 25.8. The van der Waals surface area contributed by atoms with E-state index in [1.54, 1.807) is 17.3 Å². The number of aromatic amines is 1. The van der Waals surface area contributed by atoms with Gasteiger partial charge in [0.25, 0.3) is 0 Å². The summed E-state index contributed by atoms with van der Waals surface area (Å²) < 4.78 is 12.5. The Balaban J connectivity index is 1.66. The van der Waals surface area contributed by atoms with Crippen molar-refractivity contribution in [1.82, 2.24) is 19.9 Å².